The number of carboxylic acids is 1. The first kappa shape index (κ1) is 28.9. The van der Waals surface area contributed by atoms with Gasteiger partial charge in [0, 0.05) is 6.42 Å². The van der Waals surface area contributed by atoms with Crippen LogP contribution in [0.4, 0.5) is 0 Å². The third-order valence-corrected chi connectivity index (χ3v) is 5.37. The number of aliphatic carboxylic acids is 1. The number of rotatable bonds is 22. The Balaban J connectivity index is 3.44. The van der Waals surface area contributed by atoms with Crippen LogP contribution < -0.4 is 0 Å². The molecule has 2 unspecified atom stereocenters. The normalized spacial score (nSPS) is 13.2. The predicted molar refractivity (Wildman–Crippen MR) is 120 cm³/mol. The summed E-state index contributed by atoms with van der Waals surface area (Å²) in [7, 11) is 0. The Kier molecular flexibility index (Phi) is 20.3. The number of esters is 1. The van der Waals surface area contributed by atoms with Crippen LogP contribution in [0.15, 0.2) is 0 Å². The smallest absolute Gasteiger partial charge is 0.332 e. The summed E-state index contributed by atoms with van der Waals surface area (Å²) in [5, 5.41) is 18.0. The Bertz CT molecular complexity index is 413. The molecule has 0 spiro atoms. The molecule has 0 saturated heterocycles. The number of ether oxygens (including phenoxy) is 2. The van der Waals surface area contributed by atoms with Gasteiger partial charge in [0.25, 0.3) is 0 Å². The topological polar surface area (TPSA) is 93.1 Å². The molecule has 0 aromatic heterocycles. The van der Waals surface area contributed by atoms with Crippen molar-refractivity contribution >= 4 is 11.9 Å². The van der Waals surface area contributed by atoms with Gasteiger partial charge < -0.3 is 19.7 Å². The molecular formula is C24H46O6. The van der Waals surface area contributed by atoms with E-state index < -0.39 is 18.2 Å². The van der Waals surface area contributed by atoms with Crippen LogP contribution in [0.3, 0.4) is 0 Å². The summed E-state index contributed by atoms with van der Waals surface area (Å²) in [5.74, 6) is -1.45. The number of hydrogen-bond acceptors (Lipinski definition) is 5. The maximum atomic E-state index is 11.8. The molecule has 2 atom stereocenters. The first-order valence-electron chi connectivity index (χ1n) is 12.2. The van der Waals surface area contributed by atoms with Crippen LogP contribution in [-0.2, 0) is 19.1 Å². The molecule has 0 aromatic rings. The van der Waals surface area contributed by atoms with Crippen LogP contribution in [0.25, 0.3) is 0 Å². The van der Waals surface area contributed by atoms with Gasteiger partial charge in [0.15, 0.2) is 6.10 Å². The molecule has 0 aliphatic carbocycles. The number of unbranched alkanes of at least 4 members (excludes halogenated alkanes) is 14. The average Bonchev–Trinajstić information content (AvgIpc) is 2.73. The highest BCUT2D eigenvalue weighted by molar-refractivity contribution is 5.71. The molecule has 0 aromatic carbocycles. The number of aliphatic hydroxyl groups is 1. The fraction of sp³-hybridized carbons (Fsp3) is 0.917. The molecule has 0 saturated carbocycles. The number of carbonyl (C=O) groups is 2. The van der Waals surface area contributed by atoms with E-state index in [2.05, 4.69) is 6.92 Å². The molecule has 0 fully saturated rings. The van der Waals surface area contributed by atoms with Gasteiger partial charge in [-0.3, -0.25) is 4.79 Å². The molecule has 0 bridgehead atoms. The minimum Gasteiger partial charge on any atom is -0.479 e. The quantitative estimate of drug-likeness (QED) is 0.170. The summed E-state index contributed by atoms with van der Waals surface area (Å²) < 4.78 is 10.2. The van der Waals surface area contributed by atoms with Gasteiger partial charge in [-0.25, -0.2) is 4.79 Å². The fourth-order valence-electron chi connectivity index (χ4n) is 3.33. The SMILES string of the molecule is CCCCCCCCCCCCCCCCCC(=O)OC(CO)COC(C)C(=O)O. The zero-order valence-corrected chi connectivity index (χ0v) is 19.4. The van der Waals surface area contributed by atoms with E-state index >= 15 is 0 Å². The van der Waals surface area contributed by atoms with Gasteiger partial charge in [0.2, 0.25) is 0 Å². The second-order valence-electron chi connectivity index (χ2n) is 8.31. The highest BCUT2D eigenvalue weighted by atomic mass is 16.6. The van der Waals surface area contributed by atoms with Crippen LogP contribution >= 0.6 is 0 Å². The summed E-state index contributed by atoms with van der Waals surface area (Å²) in [4.78, 5) is 22.5. The van der Waals surface area contributed by atoms with Crippen molar-refractivity contribution < 1.29 is 29.3 Å². The summed E-state index contributed by atoms with van der Waals surface area (Å²) in [6.45, 7) is 3.16. The molecule has 0 aliphatic rings. The van der Waals surface area contributed by atoms with Crippen molar-refractivity contribution in [3.63, 3.8) is 0 Å². The largest absolute Gasteiger partial charge is 0.479 e. The van der Waals surface area contributed by atoms with Crippen LogP contribution in [0.5, 0.6) is 0 Å². The van der Waals surface area contributed by atoms with Gasteiger partial charge in [-0.05, 0) is 13.3 Å². The molecule has 30 heavy (non-hydrogen) atoms. The highest BCUT2D eigenvalue weighted by Crippen LogP contribution is 2.14. The molecule has 0 heterocycles. The van der Waals surface area contributed by atoms with Gasteiger partial charge >= 0.3 is 11.9 Å². The van der Waals surface area contributed by atoms with Crippen molar-refractivity contribution in [2.45, 2.75) is 129 Å². The summed E-state index contributed by atoms with van der Waals surface area (Å²) in [6, 6.07) is 0. The van der Waals surface area contributed by atoms with Crippen LogP contribution in [-0.4, -0.2) is 47.6 Å². The van der Waals surface area contributed by atoms with Gasteiger partial charge in [-0.2, -0.15) is 0 Å². The number of carbonyl (C=O) groups excluding carboxylic acids is 1. The molecule has 0 amide bonds. The minimum atomic E-state index is -1.09. The van der Waals surface area contributed by atoms with Crippen LogP contribution in [0.2, 0.25) is 0 Å². The van der Waals surface area contributed by atoms with Crippen molar-refractivity contribution in [3.05, 3.63) is 0 Å². The van der Waals surface area contributed by atoms with Crippen LogP contribution in [0, 0.1) is 0 Å². The second-order valence-corrected chi connectivity index (χ2v) is 8.31. The zero-order valence-electron chi connectivity index (χ0n) is 19.4. The van der Waals surface area contributed by atoms with E-state index in [1.807, 2.05) is 0 Å². The lowest BCUT2D eigenvalue weighted by atomic mass is 10.0. The van der Waals surface area contributed by atoms with Crippen molar-refractivity contribution in [1.82, 2.24) is 0 Å². The maximum absolute atomic E-state index is 11.8. The van der Waals surface area contributed by atoms with E-state index in [-0.39, 0.29) is 19.2 Å². The first-order valence-corrected chi connectivity index (χ1v) is 12.2. The lowest BCUT2D eigenvalue weighted by Crippen LogP contribution is -2.31. The van der Waals surface area contributed by atoms with Gasteiger partial charge in [-0.1, -0.05) is 96.8 Å². The van der Waals surface area contributed by atoms with Gasteiger partial charge in [0.05, 0.1) is 13.2 Å². The summed E-state index contributed by atoms with van der Waals surface area (Å²) in [6.07, 6.45) is 17.6. The monoisotopic (exact) mass is 430 g/mol. The molecule has 2 N–H and O–H groups in total. The average molecular weight is 431 g/mol. The summed E-state index contributed by atoms with van der Waals surface area (Å²) >= 11 is 0. The fourth-order valence-corrected chi connectivity index (χ4v) is 3.33. The first-order chi connectivity index (χ1) is 14.5. The van der Waals surface area contributed by atoms with Crippen molar-refractivity contribution in [2.24, 2.45) is 0 Å². The lowest BCUT2D eigenvalue weighted by molar-refractivity contribution is -0.160. The van der Waals surface area contributed by atoms with E-state index in [9.17, 15) is 14.7 Å². The van der Waals surface area contributed by atoms with E-state index in [0.717, 1.165) is 19.3 Å². The standard InChI is InChI=1S/C24H46O6/c1-3-4-5-6-7-8-9-10-11-12-13-14-15-16-17-18-23(26)30-22(19-25)20-29-21(2)24(27)28/h21-22,25H,3-20H2,1-2H3,(H,27,28). The second kappa shape index (κ2) is 21.1. The Labute approximate surface area is 183 Å². The van der Waals surface area contributed by atoms with Crippen LogP contribution in [0.1, 0.15) is 117 Å². The zero-order chi connectivity index (χ0) is 22.5. The Morgan fingerprint density at radius 3 is 1.60 bits per heavy atom. The third-order valence-electron chi connectivity index (χ3n) is 5.37. The predicted octanol–water partition coefficient (Wildman–Crippen LogP) is 5.64. The van der Waals surface area contributed by atoms with Crippen molar-refractivity contribution in [2.75, 3.05) is 13.2 Å². The number of carboxylic acid groups (broad SMARTS) is 1. The Morgan fingerprint density at radius 2 is 1.20 bits per heavy atom. The minimum absolute atomic E-state index is 0.117. The van der Waals surface area contributed by atoms with Crippen molar-refractivity contribution in [1.29, 1.82) is 0 Å². The molecular weight excluding hydrogens is 384 g/mol. The number of aliphatic hydroxyl groups excluding tert-OH is 1. The summed E-state index contributed by atoms with van der Waals surface area (Å²) in [5.41, 5.74) is 0. The Morgan fingerprint density at radius 1 is 0.767 bits per heavy atom. The van der Waals surface area contributed by atoms with E-state index in [4.69, 9.17) is 14.6 Å². The van der Waals surface area contributed by atoms with Gasteiger partial charge in [0.1, 0.15) is 6.10 Å². The maximum Gasteiger partial charge on any atom is 0.332 e. The third kappa shape index (κ3) is 18.9. The molecule has 0 radical (unpaired) electrons. The van der Waals surface area contributed by atoms with E-state index in [0.29, 0.717) is 6.42 Å². The molecule has 0 aliphatic heterocycles. The van der Waals surface area contributed by atoms with Crippen molar-refractivity contribution in [3.8, 4) is 0 Å². The van der Waals surface area contributed by atoms with E-state index in [1.54, 1.807) is 0 Å². The highest BCUT2D eigenvalue weighted by Gasteiger charge is 2.18. The number of hydrogen-bond donors (Lipinski definition) is 2. The van der Waals surface area contributed by atoms with Gasteiger partial charge in [-0.15, -0.1) is 0 Å². The molecule has 6 heteroatoms. The lowest BCUT2D eigenvalue weighted by Gasteiger charge is -2.17. The molecule has 0 rings (SSSR count). The van der Waals surface area contributed by atoms with E-state index in [1.165, 1.54) is 84.0 Å². The molecule has 178 valence electrons. The Hall–Kier alpha value is -1.14. The molecule has 6 nitrogen and oxygen atoms in total.